The third-order valence-corrected chi connectivity index (χ3v) is 13.8. The van der Waals surface area contributed by atoms with E-state index < -0.39 is 36.0 Å². The van der Waals surface area contributed by atoms with E-state index in [1.807, 2.05) is 56.0 Å². The fraction of sp³-hybridized carbons (Fsp3) is 0.771. The number of nitrogens with zero attached hydrogens (tertiary/aromatic N) is 4. The smallest absolute Gasteiger partial charge is 0.250 e. The third kappa shape index (κ3) is 13.4. The van der Waals surface area contributed by atoms with Gasteiger partial charge < -0.3 is 24.6 Å². The monoisotopic (exact) mass is 854 g/mol. The quantitative estimate of drug-likeness (QED) is 0.152. The van der Waals surface area contributed by atoms with E-state index in [0.717, 1.165) is 57.4 Å². The van der Waals surface area contributed by atoms with Gasteiger partial charge in [0.25, 0.3) is 0 Å². The first kappa shape index (κ1) is 50.4. The molecule has 0 aliphatic carbocycles. The van der Waals surface area contributed by atoms with E-state index in [9.17, 15) is 24.0 Å². The minimum absolute atomic E-state index is 0.0000901. The van der Waals surface area contributed by atoms with Gasteiger partial charge in [-0.05, 0) is 55.4 Å². The number of carbonyl (C=O) groups excluding carboxylic acids is 5. The van der Waals surface area contributed by atoms with Crippen LogP contribution >= 0.6 is 0 Å². The van der Waals surface area contributed by atoms with Crippen LogP contribution in [-0.2, 0) is 44.7 Å². The summed E-state index contributed by atoms with van der Waals surface area (Å²) in [4.78, 5) is 82.6. The van der Waals surface area contributed by atoms with Gasteiger partial charge in [-0.25, -0.2) is 5.06 Å². The largest absolute Gasteiger partial charge is 0.379 e. The molecule has 0 saturated carbocycles. The molecular formula is C48H79N5O8. The zero-order valence-electron chi connectivity index (χ0n) is 39.1. The van der Waals surface area contributed by atoms with E-state index in [-0.39, 0.29) is 78.4 Å². The predicted octanol–water partition coefficient (Wildman–Crippen LogP) is 5.44. The number of ketones is 2. The molecule has 3 amide bonds. The number of hydroxylamine groups is 2. The Morgan fingerprint density at radius 2 is 1.52 bits per heavy atom. The first-order valence-corrected chi connectivity index (χ1v) is 23.2. The predicted molar refractivity (Wildman–Crippen MR) is 237 cm³/mol. The van der Waals surface area contributed by atoms with Gasteiger partial charge in [-0.1, -0.05) is 85.2 Å². The van der Waals surface area contributed by atoms with Crippen LogP contribution in [0.1, 0.15) is 105 Å². The van der Waals surface area contributed by atoms with Crippen molar-refractivity contribution in [2.75, 3.05) is 67.1 Å². The highest BCUT2D eigenvalue weighted by Gasteiger charge is 2.44. The lowest BCUT2D eigenvalue weighted by molar-refractivity contribution is -0.201. The Bertz CT molecular complexity index is 1550. The van der Waals surface area contributed by atoms with E-state index >= 15 is 0 Å². The number of benzene rings is 1. The number of hydrogen-bond donors (Lipinski definition) is 1. The molecule has 9 atom stereocenters. The van der Waals surface area contributed by atoms with Crippen molar-refractivity contribution in [1.29, 1.82) is 0 Å². The van der Waals surface area contributed by atoms with Crippen LogP contribution in [0.2, 0.25) is 0 Å². The summed E-state index contributed by atoms with van der Waals surface area (Å²) in [6, 6.07) is 8.74. The summed E-state index contributed by atoms with van der Waals surface area (Å²) < 4.78 is 12.2. The Hall–Kier alpha value is -3.23. The Kier molecular flexibility index (Phi) is 20.3. The second-order valence-electron chi connectivity index (χ2n) is 18.6. The van der Waals surface area contributed by atoms with Crippen molar-refractivity contribution in [2.45, 2.75) is 137 Å². The van der Waals surface area contributed by atoms with Gasteiger partial charge in [0.05, 0.1) is 49.3 Å². The van der Waals surface area contributed by atoms with Gasteiger partial charge in [0.1, 0.15) is 5.78 Å². The van der Waals surface area contributed by atoms with Crippen LogP contribution in [0, 0.1) is 35.5 Å². The van der Waals surface area contributed by atoms with Crippen molar-refractivity contribution in [2.24, 2.45) is 35.5 Å². The van der Waals surface area contributed by atoms with Crippen LogP contribution in [0.15, 0.2) is 30.3 Å². The van der Waals surface area contributed by atoms with Gasteiger partial charge in [0.15, 0.2) is 5.78 Å². The average molecular weight is 854 g/mol. The highest BCUT2D eigenvalue weighted by molar-refractivity contribution is 5.90. The number of methoxy groups -OCH3 is 2. The first-order chi connectivity index (χ1) is 29.1. The average Bonchev–Trinajstić information content (AvgIpc) is 3.75. The van der Waals surface area contributed by atoms with E-state index in [2.05, 4.69) is 37.9 Å². The number of rotatable bonds is 23. The first-order valence-electron chi connectivity index (χ1n) is 23.2. The van der Waals surface area contributed by atoms with Crippen molar-refractivity contribution in [3.05, 3.63) is 35.9 Å². The number of carbonyl (C=O) groups is 5. The van der Waals surface area contributed by atoms with Crippen molar-refractivity contribution in [3.63, 3.8) is 0 Å². The lowest BCUT2D eigenvalue weighted by Gasteiger charge is -2.41. The van der Waals surface area contributed by atoms with Crippen LogP contribution < -0.4 is 5.32 Å². The highest BCUT2D eigenvalue weighted by atomic mass is 16.7. The van der Waals surface area contributed by atoms with Crippen LogP contribution in [0.5, 0.6) is 0 Å². The topological polar surface area (TPSA) is 138 Å². The number of likely N-dealkylation sites (tertiary alicyclic amines) is 1. The summed E-state index contributed by atoms with van der Waals surface area (Å²) in [6.07, 6.45) is 3.43. The SMILES string of the molecule is CC[C@H](C)[C@@H](C(CC(=O)N1CCC[C@H]1[C@H](OC)[C@@H](C)C(=O)C[C@@H](Cc1ccccc1)C(=O)N1CCCCO1)OC)N(C)C(=O)[C@@H](CC(=O)[C@H](C(C)C)N1CCNCC1)C(C)C. The van der Waals surface area contributed by atoms with E-state index in [1.165, 1.54) is 5.06 Å². The van der Waals surface area contributed by atoms with Crippen LogP contribution in [0.4, 0.5) is 0 Å². The maximum Gasteiger partial charge on any atom is 0.250 e. The second-order valence-corrected chi connectivity index (χ2v) is 18.6. The summed E-state index contributed by atoms with van der Waals surface area (Å²) in [7, 11) is 4.98. The molecule has 0 aromatic heterocycles. The van der Waals surface area contributed by atoms with Crippen LogP contribution in [-0.4, -0.2) is 147 Å². The molecule has 4 rings (SSSR count). The molecule has 344 valence electrons. The molecule has 13 heteroatoms. The maximum atomic E-state index is 14.6. The summed E-state index contributed by atoms with van der Waals surface area (Å²) in [6.45, 7) is 19.0. The van der Waals surface area contributed by atoms with Crippen molar-refractivity contribution in [1.82, 2.24) is 25.1 Å². The van der Waals surface area contributed by atoms with Gasteiger partial charge >= 0.3 is 0 Å². The van der Waals surface area contributed by atoms with Crippen molar-refractivity contribution >= 4 is 29.3 Å². The zero-order valence-corrected chi connectivity index (χ0v) is 39.1. The van der Waals surface area contributed by atoms with Crippen LogP contribution in [0.25, 0.3) is 0 Å². The number of ether oxygens (including phenoxy) is 2. The summed E-state index contributed by atoms with van der Waals surface area (Å²) in [5.74, 6) is -2.01. The number of likely N-dealkylation sites (N-methyl/N-ethyl adjacent to an activating group) is 1. The van der Waals surface area contributed by atoms with Gasteiger partial charge in [0, 0.05) is 85.2 Å². The fourth-order valence-corrected chi connectivity index (χ4v) is 10.1. The molecule has 3 heterocycles. The lowest BCUT2D eigenvalue weighted by Crippen LogP contribution is -2.55. The van der Waals surface area contributed by atoms with Crippen LogP contribution in [0.3, 0.4) is 0 Å². The zero-order chi connectivity index (χ0) is 44.8. The minimum atomic E-state index is -0.604. The van der Waals surface area contributed by atoms with Crippen molar-refractivity contribution < 1.29 is 38.3 Å². The minimum Gasteiger partial charge on any atom is -0.379 e. The maximum absolute atomic E-state index is 14.6. The number of hydrogen-bond acceptors (Lipinski definition) is 10. The van der Waals surface area contributed by atoms with Gasteiger partial charge in [0.2, 0.25) is 17.7 Å². The molecule has 3 saturated heterocycles. The molecule has 61 heavy (non-hydrogen) atoms. The second kappa shape index (κ2) is 24.6. The number of amides is 3. The van der Waals surface area contributed by atoms with Gasteiger partial charge in [-0.2, -0.15) is 0 Å². The van der Waals surface area contributed by atoms with Crippen molar-refractivity contribution in [3.8, 4) is 0 Å². The van der Waals surface area contributed by atoms with Gasteiger partial charge in [-0.15, -0.1) is 0 Å². The summed E-state index contributed by atoms with van der Waals surface area (Å²) in [5, 5.41) is 4.81. The highest BCUT2D eigenvalue weighted by Crippen LogP contribution is 2.32. The molecule has 1 N–H and O–H groups in total. The number of Topliss-reactive ketones (excluding diaryl/α,β-unsaturated/α-hetero) is 2. The molecule has 3 aliphatic heterocycles. The molecule has 1 unspecified atom stereocenters. The molecule has 3 fully saturated rings. The Morgan fingerprint density at radius 3 is 2.10 bits per heavy atom. The summed E-state index contributed by atoms with van der Waals surface area (Å²) >= 11 is 0. The Morgan fingerprint density at radius 1 is 0.836 bits per heavy atom. The number of piperazine rings is 1. The molecule has 3 aliphatic rings. The molecule has 1 aromatic rings. The molecule has 0 radical (unpaired) electrons. The Balaban J connectivity index is 1.48. The Labute approximate surface area is 366 Å². The van der Waals surface area contributed by atoms with Gasteiger partial charge in [-0.3, -0.25) is 33.7 Å². The molecular weight excluding hydrogens is 775 g/mol. The molecule has 0 bridgehead atoms. The van der Waals surface area contributed by atoms with E-state index in [4.69, 9.17) is 14.3 Å². The summed E-state index contributed by atoms with van der Waals surface area (Å²) in [5.41, 5.74) is 0.976. The van der Waals surface area contributed by atoms with E-state index in [1.54, 1.807) is 26.2 Å². The molecule has 13 nitrogen and oxygen atoms in total. The third-order valence-electron chi connectivity index (χ3n) is 13.8. The van der Waals surface area contributed by atoms with E-state index in [0.29, 0.717) is 32.5 Å². The molecule has 1 aromatic carbocycles. The standard InChI is InChI=1S/C48H79N5O8/c1-11-34(6)45(50(8)48(58)38(32(2)3)30-41(55)44(33(4)5)51-25-21-49-22-26-51)42(59-9)31-43(56)52-23-17-20-39(52)46(60-10)35(7)40(54)29-37(28-36-18-13-12-14-19-36)47(57)53-24-15-16-27-61-53/h12-14,18-19,32-35,37-39,42,44-46,49H,11,15-17,20-31H2,1-10H3/t34-,35-,37+,38-,39-,42?,44-,45-,46+/m0/s1. The normalized spacial score (nSPS) is 21.7. The molecule has 0 spiro atoms. The lowest BCUT2D eigenvalue weighted by atomic mass is 9.83. The fourth-order valence-electron chi connectivity index (χ4n) is 10.1. The number of nitrogens with one attached hydrogen (secondary N) is 1.